The van der Waals surface area contributed by atoms with Gasteiger partial charge in [0.15, 0.2) is 23.3 Å². The van der Waals surface area contributed by atoms with E-state index in [1.807, 2.05) is 0 Å². The number of halogens is 5. The fourth-order valence-corrected chi connectivity index (χ4v) is 2.04. The van der Waals surface area contributed by atoms with Gasteiger partial charge >= 0.3 is 0 Å². The first-order chi connectivity index (χ1) is 13.0. The van der Waals surface area contributed by atoms with Crippen molar-refractivity contribution < 1.29 is 31.5 Å². The highest BCUT2D eigenvalue weighted by Gasteiger charge is 2.24. The number of aryl methyl sites for hydroxylation is 2. The van der Waals surface area contributed by atoms with Crippen LogP contribution < -0.4 is 0 Å². The average molecular weight is 401 g/mol. The minimum absolute atomic E-state index is 0.0602. The Morgan fingerprint density at radius 3 is 1.18 bits per heavy atom. The number of carbonyl (C=O) groups excluding carboxylic acids is 2. The van der Waals surface area contributed by atoms with Gasteiger partial charge in [0, 0.05) is 25.5 Å². The van der Waals surface area contributed by atoms with E-state index >= 15 is 0 Å². The first-order valence-electron chi connectivity index (χ1n) is 8.28. The number of likely N-dealkylation sites (tertiary alicyclic amines) is 1. The third-order valence-electron chi connectivity index (χ3n) is 3.95. The van der Waals surface area contributed by atoms with Crippen LogP contribution in [0.4, 0.5) is 22.0 Å². The molecule has 152 valence electrons. The maximum atomic E-state index is 12.4. The topological polar surface area (TPSA) is 37.4 Å². The Bertz CT molecular complexity index is 724. The molecular weight excluding hydrogens is 381 g/mol. The van der Waals surface area contributed by atoms with Crippen LogP contribution in [0.5, 0.6) is 0 Å². The monoisotopic (exact) mass is 401 g/mol. The minimum Gasteiger partial charge on any atom is -0.286 e. The van der Waals surface area contributed by atoms with Crippen molar-refractivity contribution in [2.45, 2.75) is 33.6 Å². The molecule has 28 heavy (non-hydrogen) atoms. The molecule has 0 aromatic heterocycles. The molecule has 8 heteroatoms. The second kappa shape index (κ2) is 9.96. The van der Waals surface area contributed by atoms with Crippen LogP contribution in [0, 0.1) is 49.9 Å². The van der Waals surface area contributed by atoms with Crippen LogP contribution in [0.3, 0.4) is 0 Å². The van der Waals surface area contributed by atoms with Crippen molar-refractivity contribution in [2.24, 2.45) is 0 Å². The van der Waals surface area contributed by atoms with E-state index in [4.69, 9.17) is 0 Å². The summed E-state index contributed by atoms with van der Waals surface area (Å²) in [4.78, 5) is 22.1. The summed E-state index contributed by atoms with van der Waals surface area (Å²) in [6.07, 6.45) is 0.796. The van der Waals surface area contributed by atoms with Crippen molar-refractivity contribution in [3.05, 3.63) is 70.0 Å². The van der Waals surface area contributed by atoms with Gasteiger partial charge in [0.25, 0.3) is 0 Å². The molecule has 1 fully saturated rings. The summed E-state index contributed by atoms with van der Waals surface area (Å²) < 4.78 is 61.6. The van der Waals surface area contributed by atoms with Gasteiger partial charge in [-0.3, -0.25) is 14.5 Å². The molecule has 0 N–H and O–H groups in total. The Balaban J connectivity index is 0.000000217. The van der Waals surface area contributed by atoms with Crippen LogP contribution in [0.25, 0.3) is 0 Å². The van der Waals surface area contributed by atoms with Crippen LogP contribution >= 0.6 is 0 Å². The molecule has 1 aliphatic heterocycles. The molecule has 0 spiro atoms. The summed E-state index contributed by atoms with van der Waals surface area (Å²) >= 11 is 0. The number of amides is 2. The third kappa shape index (κ3) is 5.87. The molecule has 0 radical (unpaired) electrons. The van der Waals surface area contributed by atoms with Gasteiger partial charge in [-0.15, -0.1) is 0 Å². The zero-order valence-electron chi connectivity index (χ0n) is 15.9. The molecule has 0 unspecified atom stereocenters. The van der Waals surface area contributed by atoms with E-state index < -0.39 is 34.6 Å². The van der Waals surface area contributed by atoms with E-state index in [9.17, 15) is 31.5 Å². The lowest BCUT2D eigenvalue weighted by atomic mass is 10.2. The fourth-order valence-electron chi connectivity index (χ4n) is 2.04. The predicted octanol–water partition coefficient (Wildman–Crippen LogP) is 4.76. The zero-order chi connectivity index (χ0) is 21.6. The molecule has 0 saturated carbocycles. The van der Waals surface area contributed by atoms with E-state index in [1.54, 1.807) is 0 Å². The number of hydrogen-bond donors (Lipinski definition) is 0. The number of hydrogen-bond acceptors (Lipinski definition) is 2. The van der Waals surface area contributed by atoms with E-state index in [2.05, 4.69) is 38.1 Å². The summed E-state index contributed by atoms with van der Waals surface area (Å²) in [5.41, 5.74) is 1.79. The quantitative estimate of drug-likeness (QED) is 0.276. The molecule has 1 heterocycles. The van der Waals surface area contributed by atoms with Gasteiger partial charge in [-0.05, 0) is 20.8 Å². The highest BCUT2D eigenvalue weighted by Crippen LogP contribution is 2.21. The Morgan fingerprint density at radius 1 is 0.643 bits per heavy atom. The largest absolute Gasteiger partial charge is 0.286 e. The number of carbonyl (C=O) groups is 2. The molecule has 3 nitrogen and oxygen atoms in total. The zero-order valence-corrected chi connectivity index (χ0v) is 15.9. The van der Waals surface area contributed by atoms with Crippen LogP contribution in [0.15, 0.2) is 24.3 Å². The second-order valence-corrected chi connectivity index (χ2v) is 6.20. The molecule has 3 rings (SSSR count). The molecule has 1 aliphatic rings. The van der Waals surface area contributed by atoms with E-state index in [0.29, 0.717) is 12.8 Å². The van der Waals surface area contributed by atoms with Crippen molar-refractivity contribution in [2.75, 3.05) is 7.05 Å². The lowest BCUT2D eigenvalue weighted by molar-refractivity contribution is -0.136. The average Bonchev–Trinajstić information content (AvgIpc) is 2.97. The molecule has 0 aliphatic carbocycles. The molecule has 2 aromatic rings. The summed E-state index contributed by atoms with van der Waals surface area (Å²) in [6, 6.07) is 8.48. The van der Waals surface area contributed by atoms with Crippen LogP contribution in [-0.2, 0) is 9.59 Å². The molecule has 0 bridgehead atoms. The van der Waals surface area contributed by atoms with Crippen molar-refractivity contribution in [1.82, 2.24) is 4.90 Å². The Labute approximate surface area is 159 Å². The normalized spacial score (nSPS) is 13.0. The maximum absolute atomic E-state index is 12.4. The second-order valence-electron chi connectivity index (χ2n) is 6.20. The number of rotatable bonds is 0. The van der Waals surface area contributed by atoms with E-state index in [1.165, 1.54) is 23.1 Å². The van der Waals surface area contributed by atoms with Gasteiger partial charge in [0.2, 0.25) is 17.6 Å². The predicted molar refractivity (Wildman–Crippen MR) is 93.9 cm³/mol. The van der Waals surface area contributed by atoms with Crippen LogP contribution in [0.2, 0.25) is 0 Å². The SMILES string of the molecule is CN1C(=O)CCC1=O.Cc1c(F)c(F)c(F)c(F)c1F.Cc1ccc(C)cc1. The van der Waals surface area contributed by atoms with E-state index in [0.717, 1.165) is 6.92 Å². The number of nitrogens with zero attached hydrogens (tertiary/aromatic N) is 1. The lowest BCUT2D eigenvalue weighted by Crippen LogP contribution is -2.23. The van der Waals surface area contributed by atoms with Gasteiger partial charge in [-0.1, -0.05) is 35.4 Å². The molecule has 2 amide bonds. The van der Waals surface area contributed by atoms with Gasteiger partial charge in [0.05, 0.1) is 0 Å². The molecule has 1 saturated heterocycles. The highest BCUT2D eigenvalue weighted by molar-refractivity contribution is 6.01. The first-order valence-corrected chi connectivity index (χ1v) is 8.28. The summed E-state index contributed by atoms with van der Waals surface area (Å²) in [7, 11) is 1.51. The van der Waals surface area contributed by atoms with E-state index in [-0.39, 0.29) is 11.8 Å². The fraction of sp³-hybridized carbons (Fsp3) is 0.300. The molecule has 2 aromatic carbocycles. The Kier molecular flexibility index (Phi) is 8.28. The van der Waals surface area contributed by atoms with Crippen LogP contribution in [-0.4, -0.2) is 23.8 Å². The summed E-state index contributed by atoms with van der Waals surface area (Å²) in [5.74, 6) is -9.64. The standard InChI is InChI=1S/C8H10.C7H3F5.C5H7NO2/c1-7-3-5-8(2)6-4-7;1-2-3(8)5(10)7(12)6(11)4(2)9;1-6-4(7)2-3-5(6)8/h3-6H,1-2H3;1H3;2-3H2,1H3. The third-order valence-corrected chi connectivity index (χ3v) is 3.95. The van der Waals surface area contributed by atoms with Crippen molar-refractivity contribution in [1.29, 1.82) is 0 Å². The number of imide groups is 1. The maximum Gasteiger partial charge on any atom is 0.229 e. The molecule has 0 atom stereocenters. The summed E-state index contributed by atoms with van der Waals surface area (Å²) in [6.45, 7) is 5.01. The molecular formula is C20H20F5NO2. The number of benzene rings is 2. The highest BCUT2D eigenvalue weighted by atomic mass is 19.2. The lowest BCUT2D eigenvalue weighted by Gasteiger charge is -2.02. The smallest absolute Gasteiger partial charge is 0.229 e. The minimum atomic E-state index is -2.13. The Hall–Kier alpha value is -2.77. The first kappa shape index (κ1) is 23.3. The van der Waals surface area contributed by atoms with Crippen LogP contribution in [0.1, 0.15) is 29.5 Å². The van der Waals surface area contributed by atoms with Crippen molar-refractivity contribution >= 4 is 11.8 Å². The van der Waals surface area contributed by atoms with Crippen molar-refractivity contribution in [3.63, 3.8) is 0 Å². The van der Waals surface area contributed by atoms with Gasteiger partial charge < -0.3 is 0 Å². The van der Waals surface area contributed by atoms with Gasteiger partial charge in [0.1, 0.15) is 0 Å². The summed E-state index contributed by atoms with van der Waals surface area (Å²) in [5, 5.41) is 0. The van der Waals surface area contributed by atoms with Crippen molar-refractivity contribution in [3.8, 4) is 0 Å². The van der Waals surface area contributed by atoms with Gasteiger partial charge in [-0.2, -0.15) is 0 Å². The van der Waals surface area contributed by atoms with Gasteiger partial charge in [-0.25, -0.2) is 22.0 Å². The Morgan fingerprint density at radius 2 is 0.929 bits per heavy atom.